The molecule has 0 radical (unpaired) electrons. The lowest BCUT2D eigenvalue weighted by molar-refractivity contribution is -0.927. The summed E-state index contributed by atoms with van der Waals surface area (Å²) in [6.45, 7) is 6.32. The van der Waals surface area contributed by atoms with Gasteiger partial charge in [-0.3, -0.25) is 4.18 Å². The molecule has 0 aliphatic carbocycles. The van der Waals surface area contributed by atoms with Gasteiger partial charge in [-0.15, -0.1) is 0 Å². The molecule has 1 saturated heterocycles. The van der Waals surface area contributed by atoms with Crippen molar-refractivity contribution in [2.45, 2.75) is 26.3 Å². The minimum absolute atomic E-state index is 0.333. The van der Waals surface area contributed by atoms with Crippen LogP contribution in [-0.4, -0.2) is 70.7 Å². The summed E-state index contributed by atoms with van der Waals surface area (Å²) in [6, 6.07) is 0.333. The molecule has 0 spiro atoms. The zero-order chi connectivity index (χ0) is 15.3. The van der Waals surface area contributed by atoms with Crippen molar-refractivity contribution in [1.82, 2.24) is 0 Å². The van der Waals surface area contributed by atoms with Crippen LogP contribution in [0.1, 0.15) is 20.3 Å². The zero-order valence-electron chi connectivity index (χ0n) is 11.8. The highest BCUT2D eigenvalue weighted by Gasteiger charge is 2.39. The van der Waals surface area contributed by atoms with E-state index in [9.17, 15) is 21.4 Å². The quantitative estimate of drug-likeness (QED) is 0.403. The summed E-state index contributed by atoms with van der Waals surface area (Å²) in [4.78, 5) is 0. The van der Waals surface area contributed by atoms with Crippen LogP contribution in [0.4, 0.5) is 0 Å². The molecule has 0 amide bonds. The minimum Gasteiger partial charge on any atom is -0.726 e. The van der Waals surface area contributed by atoms with E-state index in [2.05, 4.69) is 25.1 Å². The predicted molar refractivity (Wildman–Crippen MR) is 71.0 cm³/mol. The second-order valence-corrected chi connectivity index (χ2v) is 8.12. The maximum absolute atomic E-state index is 11.3. The van der Waals surface area contributed by atoms with Crippen LogP contribution in [0, 0.1) is 0 Å². The highest BCUT2D eigenvalue weighted by Crippen LogP contribution is 2.22. The molecule has 0 aromatic carbocycles. The Morgan fingerprint density at radius 3 is 1.95 bits per heavy atom. The molecule has 7 nitrogen and oxygen atoms in total. The maximum atomic E-state index is 11.3. The van der Waals surface area contributed by atoms with E-state index >= 15 is 0 Å². The first-order chi connectivity index (χ1) is 8.49. The fourth-order valence-corrected chi connectivity index (χ4v) is 3.92. The molecule has 1 atom stereocenters. The summed E-state index contributed by atoms with van der Waals surface area (Å²) in [5, 5.41) is 0. The molecule has 0 bridgehead atoms. The summed E-state index contributed by atoms with van der Waals surface area (Å²) in [6.07, 6.45) is 0.848. The second kappa shape index (κ2) is 6.98. The van der Waals surface area contributed by atoms with Crippen LogP contribution < -0.4 is 0 Å². The van der Waals surface area contributed by atoms with Crippen LogP contribution in [0.2, 0.25) is 0 Å². The predicted octanol–water partition coefficient (Wildman–Crippen LogP) is -0.247. The summed E-state index contributed by atoms with van der Waals surface area (Å²) < 4.78 is 54.5. The fourth-order valence-electron chi connectivity index (χ4n) is 2.01. The van der Waals surface area contributed by atoms with Crippen LogP contribution in [0.25, 0.3) is 0 Å². The SMILES string of the molecule is CC[N+](C)(CC)C1CCS(=O)(=O)C1.COS(=O)(=O)[O-]. The zero-order valence-corrected chi connectivity index (χ0v) is 13.5. The molecule has 0 saturated carbocycles. The smallest absolute Gasteiger partial charge is 0.217 e. The van der Waals surface area contributed by atoms with E-state index in [-0.39, 0.29) is 0 Å². The van der Waals surface area contributed by atoms with Crippen LogP contribution in [0.3, 0.4) is 0 Å². The molecule has 1 unspecified atom stereocenters. The van der Waals surface area contributed by atoms with Crippen molar-refractivity contribution < 1.29 is 30.1 Å². The number of quaternary nitrogens is 1. The first-order valence-electron chi connectivity index (χ1n) is 6.05. The second-order valence-electron chi connectivity index (χ2n) is 4.74. The molecule has 0 aromatic rings. The molecule has 116 valence electrons. The van der Waals surface area contributed by atoms with Crippen molar-refractivity contribution in [2.24, 2.45) is 0 Å². The van der Waals surface area contributed by atoms with Gasteiger partial charge in [-0.05, 0) is 13.8 Å². The Labute approximate surface area is 116 Å². The van der Waals surface area contributed by atoms with E-state index in [0.29, 0.717) is 17.5 Å². The summed E-state index contributed by atoms with van der Waals surface area (Å²) in [5.74, 6) is 0.788. The van der Waals surface area contributed by atoms with Crippen molar-refractivity contribution >= 4 is 20.2 Å². The van der Waals surface area contributed by atoms with Crippen molar-refractivity contribution in [3.8, 4) is 0 Å². The molecule has 1 fully saturated rings. The molecule has 0 N–H and O–H groups in total. The Morgan fingerprint density at radius 2 is 1.74 bits per heavy atom. The largest absolute Gasteiger partial charge is 0.726 e. The van der Waals surface area contributed by atoms with Gasteiger partial charge in [-0.1, -0.05) is 0 Å². The van der Waals surface area contributed by atoms with Crippen molar-refractivity contribution in [1.29, 1.82) is 0 Å². The van der Waals surface area contributed by atoms with E-state index in [1.54, 1.807) is 0 Å². The van der Waals surface area contributed by atoms with Gasteiger partial charge in [0, 0.05) is 6.42 Å². The third kappa shape index (κ3) is 6.66. The highest BCUT2D eigenvalue weighted by atomic mass is 32.3. The first-order valence-corrected chi connectivity index (χ1v) is 9.21. The Kier molecular flexibility index (Phi) is 6.90. The Hall–Kier alpha value is -0.220. The van der Waals surface area contributed by atoms with Gasteiger partial charge < -0.3 is 9.04 Å². The van der Waals surface area contributed by atoms with E-state index < -0.39 is 20.2 Å². The van der Waals surface area contributed by atoms with Crippen molar-refractivity contribution in [2.75, 3.05) is 38.8 Å². The van der Waals surface area contributed by atoms with Crippen molar-refractivity contribution in [3.05, 3.63) is 0 Å². The van der Waals surface area contributed by atoms with Gasteiger partial charge in [0.05, 0.1) is 33.0 Å². The summed E-state index contributed by atoms with van der Waals surface area (Å²) >= 11 is 0. The number of nitrogens with zero attached hydrogens (tertiary/aromatic N) is 1. The normalized spacial score (nSPS) is 22.7. The first kappa shape index (κ1) is 18.8. The third-order valence-corrected chi connectivity index (χ3v) is 5.90. The maximum Gasteiger partial charge on any atom is 0.217 e. The van der Waals surface area contributed by atoms with Gasteiger partial charge in [-0.25, -0.2) is 16.8 Å². The molecule has 0 aromatic heterocycles. The lowest BCUT2D eigenvalue weighted by Crippen LogP contribution is -2.52. The topological polar surface area (TPSA) is 101 Å². The van der Waals surface area contributed by atoms with Crippen LogP contribution in [0.5, 0.6) is 0 Å². The van der Waals surface area contributed by atoms with Crippen LogP contribution >= 0.6 is 0 Å². The molecular weight excluding hydrogens is 294 g/mol. The fraction of sp³-hybridized carbons (Fsp3) is 1.00. The Bertz CT molecular complexity index is 466. The van der Waals surface area contributed by atoms with Gasteiger partial charge in [0.1, 0.15) is 11.8 Å². The van der Waals surface area contributed by atoms with Gasteiger partial charge in [0.15, 0.2) is 9.84 Å². The van der Waals surface area contributed by atoms with Crippen LogP contribution in [0.15, 0.2) is 0 Å². The molecule has 9 heteroatoms. The number of rotatable bonds is 4. The molecule has 19 heavy (non-hydrogen) atoms. The summed E-state index contributed by atoms with van der Waals surface area (Å²) in [7, 11) is -4.16. The Balaban J connectivity index is 0.000000459. The number of hydrogen-bond acceptors (Lipinski definition) is 6. The number of hydrogen-bond donors (Lipinski definition) is 0. The van der Waals surface area contributed by atoms with E-state index in [4.69, 9.17) is 0 Å². The Morgan fingerprint density at radius 1 is 1.32 bits per heavy atom. The lowest BCUT2D eigenvalue weighted by atomic mass is 10.2. The van der Waals surface area contributed by atoms with Crippen molar-refractivity contribution in [3.63, 3.8) is 0 Å². The molecule has 1 rings (SSSR count). The summed E-state index contributed by atoms with van der Waals surface area (Å²) in [5.41, 5.74) is 0. The van der Waals surface area contributed by atoms with Gasteiger partial charge in [0.25, 0.3) is 0 Å². The highest BCUT2D eigenvalue weighted by molar-refractivity contribution is 7.91. The van der Waals surface area contributed by atoms with E-state index in [0.717, 1.165) is 31.1 Å². The number of sulfone groups is 1. The third-order valence-electron chi connectivity index (χ3n) is 3.74. The van der Waals surface area contributed by atoms with E-state index in [1.165, 1.54) is 0 Å². The monoisotopic (exact) mass is 317 g/mol. The standard InChI is InChI=1S/C9H20NO2S.CH4O4S/c1-4-10(3,5-2)9-6-7-13(11,12)8-9;1-5-6(2,3)4/h9H,4-8H2,1-3H3;1H3,(H,2,3,4)/q+1;/p-1. The molecule has 1 aliphatic rings. The van der Waals surface area contributed by atoms with Gasteiger partial charge in [0.2, 0.25) is 10.4 Å². The molecule has 1 aliphatic heterocycles. The average molecular weight is 317 g/mol. The van der Waals surface area contributed by atoms with Gasteiger partial charge >= 0.3 is 0 Å². The lowest BCUT2D eigenvalue weighted by Gasteiger charge is -2.37. The van der Waals surface area contributed by atoms with E-state index in [1.807, 2.05) is 0 Å². The molecule has 1 heterocycles. The van der Waals surface area contributed by atoms with Crippen LogP contribution in [-0.2, 0) is 24.4 Å². The molecular formula is C10H23NO6S2. The average Bonchev–Trinajstić information content (AvgIpc) is 2.69. The minimum atomic E-state index is -4.41. The van der Waals surface area contributed by atoms with Gasteiger partial charge in [-0.2, -0.15) is 0 Å².